The maximum atomic E-state index is 6.00. The summed E-state index contributed by atoms with van der Waals surface area (Å²) in [5.41, 5.74) is 2.82. The largest absolute Gasteiger partial charge is 0.294 e. The molecule has 0 N–H and O–H groups in total. The van der Waals surface area contributed by atoms with Crippen LogP contribution in [-0.2, 0) is 0 Å². The molecule has 3 rings (SSSR count). The first-order chi connectivity index (χ1) is 8.25. The minimum atomic E-state index is 0.714. The van der Waals surface area contributed by atoms with E-state index in [0.717, 1.165) is 21.5 Å². The first-order valence-electron chi connectivity index (χ1n) is 5.14. The number of benzene rings is 1. The molecule has 0 radical (unpaired) electrons. The third-order valence-corrected chi connectivity index (χ3v) is 3.56. The molecule has 0 fully saturated rings. The predicted molar refractivity (Wildman–Crippen MR) is 73.3 cm³/mol. The van der Waals surface area contributed by atoms with Crippen LogP contribution in [0.3, 0.4) is 0 Å². The van der Waals surface area contributed by atoms with E-state index in [4.69, 9.17) is 11.6 Å². The minimum absolute atomic E-state index is 0.714. The summed E-state index contributed by atoms with van der Waals surface area (Å²) in [6.07, 6.45) is 1.97. The molecular formula is C13H8BrClN2. The van der Waals surface area contributed by atoms with E-state index < -0.39 is 0 Å². The molecule has 0 aliphatic carbocycles. The standard InChI is InChI=1S/C13H8BrClN2/c14-13-12(9-4-3-5-10(15)8-9)16-11-6-1-2-7-17(11)13/h1-8H. The van der Waals surface area contributed by atoms with Gasteiger partial charge in [0.05, 0.1) is 0 Å². The summed E-state index contributed by atoms with van der Waals surface area (Å²) in [7, 11) is 0. The molecule has 4 heteroatoms. The summed E-state index contributed by atoms with van der Waals surface area (Å²) < 4.78 is 2.94. The summed E-state index contributed by atoms with van der Waals surface area (Å²) in [5.74, 6) is 0. The summed E-state index contributed by atoms with van der Waals surface area (Å²) in [5, 5.41) is 0.714. The third-order valence-electron chi connectivity index (χ3n) is 2.57. The third kappa shape index (κ3) is 1.85. The van der Waals surface area contributed by atoms with Crippen LogP contribution < -0.4 is 0 Å². The van der Waals surface area contributed by atoms with Gasteiger partial charge >= 0.3 is 0 Å². The first-order valence-corrected chi connectivity index (χ1v) is 6.31. The number of hydrogen-bond donors (Lipinski definition) is 0. The van der Waals surface area contributed by atoms with Crippen molar-refractivity contribution in [3.05, 3.63) is 58.3 Å². The summed E-state index contributed by atoms with van der Waals surface area (Å²) >= 11 is 9.57. The van der Waals surface area contributed by atoms with Crippen molar-refractivity contribution in [2.45, 2.75) is 0 Å². The number of fused-ring (bicyclic) bond motifs is 1. The number of aromatic nitrogens is 2. The summed E-state index contributed by atoms with van der Waals surface area (Å²) in [6, 6.07) is 13.6. The second-order valence-electron chi connectivity index (χ2n) is 3.69. The molecule has 0 spiro atoms. The van der Waals surface area contributed by atoms with Crippen molar-refractivity contribution in [1.82, 2.24) is 9.38 Å². The molecule has 0 bridgehead atoms. The quantitative estimate of drug-likeness (QED) is 0.650. The Hall–Kier alpha value is -1.32. The lowest BCUT2D eigenvalue weighted by Crippen LogP contribution is -1.81. The number of imidazole rings is 1. The highest BCUT2D eigenvalue weighted by molar-refractivity contribution is 9.10. The van der Waals surface area contributed by atoms with Crippen LogP contribution in [0.4, 0.5) is 0 Å². The number of halogens is 2. The molecule has 0 aliphatic rings. The molecule has 0 aliphatic heterocycles. The van der Waals surface area contributed by atoms with Crippen LogP contribution in [0.1, 0.15) is 0 Å². The van der Waals surface area contributed by atoms with Crippen molar-refractivity contribution < 1.29 is 0 Å². The van der Waals surface area contributed by atoms with Gasteiger partial charge in [-0.25, -0.2) is 4.98 Å². The van der Waals surface area contributed by atoms with Gasteiger partial charge in [-0.05, 0) is 40.2 Å². The fraction of sp³-hybridized carbons (Fsp3) is 0. The van der Waals surface area contributed by atoms with Gasteiger partial charge in [-0.2, -0.15) is 0 Å². The molecule has 2 nitrogen and oxygen atoms in total. The number of rotatable bonds is 1. The van der Waals surface area contributed by atoms with E-state index in [1.165, 1.54) is 0 Å². The van der Waals surface area contributed by atoms with E-state index in [0.29, 0.717) is 5.02 Å². The van der Waals surface area contributed by atoms with E-state index in [1.54, 1.807) is 0 Å². The Labute approximate surface area is 112 Å². The van der Waals surface area contributed by atoms with Gasteiger partial charge in [0.25, 0.3) is 0 Å². The number of hydrogen-bond acceptors (Lipinski definition) is 1. The fourth-order valence-corrected chi connectivity index (χ4v) is 2.59. The van der Waals surface area contributed by atoms with Crippen molar-refractivity contribution in [3.63, 3.8) is 0 Å². The zero-order chi connectivity index (χ0) is 11.8. The average molecular weight is 308 g/mol. The van der Waals surface area contributed by atoms with Gasteiger partial charge in [-0.15, -0.1) is 0 Å². The zero-order valence-electron chi connectivity index (χ0n) is 8.77. The SMILES string of the molecule is Clc1cccc(-c2nc3ccccn3c2Br)c1. The highest BCUT2D eigenvalue weighted by Crippen LogP contribution is 2.29. The monoisotopic (exact) mass is 306 g/mol. The Morgan fingerprint density at radius 3 is 2.76 bits per heavy atom. The normalized spacial score (nSPS) is 10.9. The maximum absolute atomic E-state index is 6.00. The summed E-state index contributed by atoms with van der Waals surface area (Å²) in [6.45, 7) is 0. The molecule has 2 heterocycles. The van der Waals surface area contributed by atoms with Gasteiger partial charge < -0.3 is 0 Å². The Bertz CT molecular complexity index is 691. The number of nitrogens with zero attached hydrogens (tertiary/aromatic N) is 2. The van der Waals surface area contributed by atoms with Crippen LogP contribution in [0.5, 0.6) is 0 Å². The van der Waals surface area contributed by atoms with Crippen LogP contribution in [0.25, 0.3) is 16.9 Å². The Balaban J connectivity index is 2.27. The van der Waals surface area contributed by atoms with Crippen LogP contribution in [-0.4, -0.2) is 9.38 Å². The molecule has 84 valence electrons. The van der Waals surface area contributed by atoms with Crippen molar-refractivity contribution in [2.24, 2.45) is 0 Å². The van der Waals surface area contributed by atoms with Gasteiger partial charge in [0.15, 0.2) is 0 Å². The van der Waals surface area contributed by atoms with Gasteiger partial charge in [0.2, 0.25) is 0 Å². The molecule has 0 amide bonds. The first kappa shape index (κ1) is 10.8. The van der Waals surface area contributed by atoms with Crippen LogP contribution in [0.2, 0.25) is 5.02 Å². The van der Waals surface area contributed by atoms with Crippen molar-refractivity contribution in [1.29, 1.82) is 0 Å². The highest BCUT2D eigenvalue weighted by Gasteiger charge is 2.11. The Morgan fingerprint density at radius 2 is 2.00 bits per heavy atom. The molecule has 0 atom stereocenters. The number of pyridine rings is 1. The molecule has 2 aromatic heterocycles. The van der Waals surface area contributed by atoms with E-state index in [-0.39, 0.29) is 0 Å². The van der Waals surface area contributed by atoms with Crippen LogP contribution >= 0.6 is 27.5 Å². The van der Waals surface area contributed by atoms with Crippen molar-refractivity contribution in [2.75, 3.05) is 0 Å². The second kappa shape index (κ2) is 4.17. The van der Waals surface area contributed by atoms with E-state index in [9.17, 15) is 0 Å². The molecule has 1 aromatic carbocycles. The van der Waals surface area contributed by atoms with Crippen LogP contribution in [0, 0.1) is 0 Å². The topological polar surface area (TPSA) is 17.3 Å². The van der Waals surface area contributed by atoms with E-state index in [2.05, 4.69) is 20.9 Å². The van der Waals surface area contributed by atoms with E-state index >= 15 is 0 Å². The average Bonchev–Trinajstić information content (AvgIpc) is 2.68. The molecule has 3 aromatic rings. The lowest BCUT2D eigenvalue weighted by Gasteiger charge is -1.98. The fourth-order valence-electron chi connectivity index (χ4n) is 1.79. The van der Waals surface area contributed by atoms with Gasteiger partial charge in [0.1, 0.15) is 15.9 Å². The van der Waals surface area contributed by atoms with Crippen molar-refractivity contribution in [3.8, 4) is 11.3 Å². The predicted octanol–water partition coefficient (Wildman–Crippen LogP) is 4.42. The minimum Gasteiger partial charge on any atom is -0.294 e. The Kier molecular flexibility index (Phi) is 2.65. The zero-order valence-corrected chi connectivity index (χ0v) is 11.1. The highest BCUT2D eigenvalue weighted by atomic mass is 79.9. The molecule has 0 unspecified atom stereocenters. The molecule has 0 saturated carbocycles. The summed E-state index contributed by atoms with van der Waals surface area (Å²) in [4.78, 5) is 4.58. The van der Waals surface area contributed by atoms with Gasteiger partial charge in [0, 0.05) is 16.8 Å². The van der Waals surface area contributed by atoms with Gasteiger partial charge in [-0.3, -0.25) is 4.40 Å². The second-order valence-corrected chi connectivity index (χ2v) is 4.88. The lowest BCUT2D eigenvalue weighted by molar-refractivity contribution is 1.15. The van der Waals surface area contributed by atoms with Crippen LogP contribution in [0.15, 0.2) is 53.3 Å². The molecule has 17 heavy (non-hydrogen) atoms. The van der Waals surface area contributed by atoms with Gasteiger partial charge in [-0.1, -0.05) is 29.8 Å². The maximum Gasteiger partial charge on any atom is 0.138 e. The van der Waals surface area contributed by atoms with Crippen molar-refractivity contribution >= 4 is 33.2 Å². The lowest BCUT2D eigenvalue weighted by atomic mass is 10.2. The van der Waals surface area contributed by atoms with E-state index in [1.807, 2.05) is 53.1 Å². The Morgan fingerprint density at radius 1 is 1.12 bits per heavy atom. The molecule has 0 saturated heterocycles. The smallest absolute Gasteiger partial charge is 0.138 e. The molecular weight excluding hydrogens is 300 g/mol.